The molecular weight excluding hydrogens is 525 g/mol. The van der Waals surface area contributed by atoms with Gasteiger partial charge in [0.1, 0.15) is 5.82 Å². The summed E-state index contributed by atoms with van der Waals surface area (Å²) in [6, 6.07) is 16.1. The van der Waals surface area contributed by atoms with Crippen LogP contribution < -0.4 is 15.4 Å². The molecule has 2 aromatic carbocycles. The summed E-state index contributed by atoms with van der Waals surface area (Å²) in [7, 11) is 1.93. The zero-order valence-electron chi connectivity index (χ0n) is 23.7. The third-order valence-electron chi connectivity index (χ3n) is 7.75. The largest absolute Gasteiger partial charge is 0.427 e. The van der Waals surface area contributed by atoms with Crippen molar-refractivity contribution in [2.75, 3.05) is 43.0 Å². The van der Waals surface area contributed by atoms with Crippen molar-refractivity contribution in [2.45, 2.75) is 46.0 Å². The lowest BCUT2D eigenvalue weighted by Crippen LogP contribution is -2.46. The maximum atomic E-state index is 13.5. The minimum absolute atomic E-state index is 0.125. The average molecular weight is 562 g/mol. The van der Waals surface area contributed by atoms with Crippen molar-refractivity contribution in [3.63, 3.8) is 0 Å². The number of rotatable bonds is 9. The van der Waals surface area contributed by atoms with Crippen molar-refractivity contribution in [1.29, 1.82) is 0 Å². The first-order chi connectivity index (χ1) is 19.9. The molecular formula is C30H36FN7O3. The molecule has 3 heterocycles. The molecule has 0 unspecified atom stereocenters. The molecule has 0 spiro atoms. The maximum absolute atomic E-state index is 13.5. The second-order valence-corrected chi connectivity index (χ2v) is 10.2. The summed E-state index contributed by atoms with van der Waals surface area (Å²) in [5.41, 5.74) is 2.67. The van der Waals surface area contributed by atoms with Gasteiger partial charge in [-0.05, 0) is 56.5 Å². The van der Waals surface area contributed by atoms with Gasteiger partial charge in [0.05, 0.1) is 17.6 Å². The van der Waals surface area contributed by atoms with Crippen molar-refractivity contribution in [2.24, 2.45) is 0 Å². The number of aromatic nitrogens is 4. The Morgan fingerprint density at radius 2 is 1.73 bits per heavy atom. The Balaban J connectivity index is 1.31. The number of anilines is 2. The SMILES string of the molecule is CCN(CC)C(=O)OCn1c(N(C)C2CCN(c3nc4ccccc4n3Cc3ccc(F)cc3)CC2)nccc1=O. The summed E-state index contributed by atoms with van der Waals surface area (Å²) in [5.74, 6) is 1.09. The van der Waals surface area contributed by atoms with E-state index in [9.17, 15) is 14.0 Å². The van der Waals surface area contributed by atoms with E-state index in [4.69, 9.17) is 9.72 Å². The first kappa shape index (κ1) is 28.1. The van der Waals surface area contributed by atoms with E-state index in [1.165, 1.54) is 29.0 Å². The molecule has 216 valence electrons. The summed E-state index contributed by atoms with van der Waals surface area (Å²) < 4.78 is 22.6. The number of para-hydroxylation sites is 2. The van der Waals surface area contributed by atoms with Crippen molar-refractivity contribution < 1.29 is 13.9 Å². The minimum atomic E-state index is -0.462. The molecule has 1 amide bonds. The number of amides is 1. The molecule has 0 aliphatic carbocycles. The van der Waals surface area contributed by atoms with Crippen LogP contribution in [-0.2, 0) is 18.0 Å². The Kier molecular flexibility index (Phi) is 8.51. The highest BCUT2D eigenvalue weighted by Gasteiger charge is 2.28. The number of carbonyl (C=O) groups is 1. The van der Waals surface area contributed by atoms with Gasteiger partial charge in [-0.25, -0.2) is 23.7 Å². The maximum Gasteiger partial charge on any atom is 0.411 e. The van der Waals surface area contributed by atoms with Gasteiger partial charge in [0.2, 0.25) is 11.9 Å². The molecule has 2 aromatic heterocycles. The molecule has 11 heteroatoms. The Labute approximate surface area is 238 Å². The normalized spacial score (nSPS) is 13.9. The van der Waals surface area contributed by atoms with Gasteiger partial charge in [0.25, 0.3) is 5.56 Å². The monoisotopic (exact) mass is 561 g/mol. The lowest BCUT2D eigenvalue weighted by atomic mass is 10.0. The molecule has 4 aromatic rings. The zero-order chi connectivity index (χ0) is 28.9. The Bertz CT molecular complexity index is 1540. The summed E-state index contributed by atoms with van der Waals surface area (Å²) in [4.78, 5) is 40.4. The average Bonchev–Trinajstić information content (AvgIpc) is 3.36. The van der Waals surface area contributed by atoms with Crippen LogP contribution in [0.4, 0.5) is 21.1 Å². The Hall–Kier alpha value is -4.41. The van der Waals surface area contributed by atoms with Gasteiger partial charge in [-0.3, -0.25) is 4.79 Å². The fourth-order valence-electron chi connectivity index (χ4n) is 5.37. The minimum Gasteiger partial charge on any atom is -0.427 e. The molecule has 1 aliphatic heterocycles. The molecule has 41 heavy (non-hydrogen) atoms. The van der Waals surface area contributed by atoms with E-state index in [0.29, 0.717) is 25.6 Å². The molecule has 5 rings (SSSR count). The number of hydrogen-bond acceptors (Lipinski definition) is 7. The number of nitrogens with zero attached hydrogens (tertiary/aromatic N) is 7. The van der Waals surface area contributed by atoms with Crippen LogP contribution in [-0.4, -0.2) is 69.4 Å². The van der Waals surface area contributed by atoms with Crippen LogP contribution >= 0.6 is 0 Å². The van der Waals surface area contributed by atoms with Crippen LogP contribution in [0.5, 0.6) is 0 Å². The van der Waals surface area contributed by atoms with Gasteiger partial charge in [-0.2, -0.15) is 0 Å². The second-order valence-electron chi connectivity index (χ2n) is 10.2. The van der Waals surface area contributed by atoms with Gasteiger partial charge < -0.3 is 24.0 Å². The standard InChI is InChI=1S/C30H36FN7O3/c1-4-35(5-2)30(40)41-21-38-27(39)14-17-32-28(38)34(3)24-15-18-36(19-16-24)29-33-25-8-6-7-9-26(25)37(29)20-22-10-12-23(31)13-11-22/h6-14,17,24H,4-5,15-16,18-21H2,1-3H3. The van der Waals surface area contributed by atoms with Crippen molar-refractivity contribution in [3.05, 3.63) is 82.5 Å². The van der Waals surface area contributed by atoms with Crippen molar-refractivity contribution in [1.82, 2.24) is 24.0 Å². The highest BCUT2D eigenvalue weighted by molar-refractivity contribution is 5.79. The molecule has 1 saturated heterocycles. The number of piperidine rings is 1. The molecule has 10 nitrogen and oxygen atoms in total. The Morgan fingerprint density at radius 3 is 2.44 bits per heavy atom. The third-order valence-corrected chi connectivity index (χ3v) is 7.75. The van der Waals surface area contributed by atoms with Gasteiger partial charge in [-0.15, -0.1) is 0 Å². The number of imidazole rings is 1. The van der Waals surface area contributed by atoms with Gasteiger partial charge >= 0.3 is 6.09 Å². The lowest BCUT2D eigenvalue weighted by Gasteiger charge is -2.38. The summed E-state index contributed by atoms with van der Waals surface area (Å²) in [6.45, 7) is 6.72. The quantitative estimate of drug-likeness (QED) is 0.301. The molecule has 0 saturated carbocycles. The van der Waals surface area contributed by atoms with Crippen molar-refractivity contribution in [3.8, 4) is 0 Å². The van der Waals surface area contributed by atoms with Crippen LogP contribution in [0.15, 0.2) is 65.6 Å². The fourth-order valence-corrected chi connectivity index (χ4v) is 5.37. The highest BCUT2D eigenvalue weighted by atomic mass is 19.1. The smallest absolute Gasteiger partial charge is 0.411 e. The van der Waals surface area contributed by atoms with E-state index >= 15 is 0 Å². The number of benzene rings is 2. The van der Waals surface area contributed by atoms with E-state index in [0.717, 1.165) is 48.5 Å². The summed E-state index contributed by atoms with van der Waals surface area (Å²) in [6.07, 6.45) is 2.67. The van der Waals surface area contributed by atoms with Crippen LogP contribution in [0.25, 0.3) is 11.0 Å². The van der Waals surface area contributed by atoms with Gasteiger partial charge in [0.15, 0.2) is 6.73 Å². The third kappa shape index (κ3) is 6.03. The van der Waals surface area contributed by atoms with Crippen LogP contribution in [0.2, 0.25) is 0 Å². The Morgan fingerprint density at radius 1 is 1.02 bits per heavy atom. The fraction of sp³-hybridized carbons (Fsp3) is 0.400. The predicted octanol–water partition coefficient (Wildman–Crippen LogP) is 4.32. The topological polar surface area (TPSA) is 88.7 Å². The molecule has 0 radical (unpaired) electrons. The van der Waals surface area contributed by atoms with Crippen LogP contribution in [0.3, 0.4) is 0 Å². The molecule has 1 aliphatic rings. The number of fused-ring (bicyclic) bond motifs is 1. The lowest BCUT2D eigenvalue weighted by molar-refractivity contribution is 0.0774. The van der Waals surface area contributed by atoms with E-state index in [-0.39, 0.29) is 24.1 Å². The molecule has 1 fully saturated rings. The van der Waals surface area contributed by atoms with E-state index < -0.39 is 6.09 Å². The van der Waals surface area contributed by atoms with E-state index in [1.807, 2.05) is 44.0 Å². The zero-order valence-corrected chi connectivity index (χ0v) is 23.7. The summed E-state index contributed by atoms with van der Waals surface area (Å²) >= 11 is 0. The van der Waals surface area contributed by atoms with Crippen LogP contribution in [0, 0.1) is 5.82 Å². The molecule has 0 atom stereocenters. The second kappa shape index (κ2) is 12.4. The number of hydrogen-bond donors (Lipinski definition) is 0. The summed E-state index contributed by atoms with van der Waals surface area (Å²) in [5, 5.41) is 0. The highest BCUT2D eigenvalue weighted by Crippen LogP contribution is 2.28. The molecule has 0 N–H and O–H groups in total. The van der Waals surface area contributed by atoms with E-state index in [1.54, 1.807) is 17.0 Å². The predicted molar refractivity (Wildman–Crippen MR) is 157 cm³/mol. The molecule has 0 bridgehead atoms. The van der Waals surface area contributed by atoms with Crippen LogP contribution in [0.1, 0.15) is 32.3 Å². The van der Waals surface area contributed by atoms with Gasteiger partial charge in [-0.1, -0.05) is 24.3 Å². The first-order valence-corrected chi connectivity index (χ1v) is 14.0. The number of carbonyl (C=O) groups excluding carboxylic acids is 1. The number of halogens is 1. The number of ether oxygens (including phenoxy) is 1. The van der Waals surface area contributed by atoms with Gasteiger partial charge in [0, 0.05) is 51.5 Å². The first-order valence-electron chi connectivity index (χ1n) is 14.0. The van der Waals surface area contributed by atoms with E-state index in [2.05, 4.69) is 20.5 Å². The van der Waals surface area contributed by atoms with Crippen molar-refractivity contribution >= 4 is 29.0 Å².